The summed E-state index contributed by atoms with van der Waals surface area (Å²) in [4.78, 5) is 13.0. The molecule has 2 aromatic rings. The zero-order valence-corrected chi connectivity index (χ0v) is 18.7. The quantitative estimate of drug-likeness (QED) is 0.545. The first kappa shape index (κ1) is 22.9. The van der Waals surface area contributed by atoms with Crippen molar-refractivity contribution in [2.45, 2.75) is 31.8 Å². The molecule has 1 aromatic carbocycles. The topological polar surface area (TPSA) is 55.8 Å². The third kappa shape index (κ3) is 5.91. The predicted octanol–water partition coefficient (Wildman–Crippen LogP) is 3.10. The van der Waals surface area contributed by atoms with E-state index in [0.29, 0.717) is 12.5 Å². The van der Waals surface area contributed by atoms with Crippen LogP contribution in [0.15, 0.2) is 41.4 Å². The Labute approximate surface area is 183 Å². The number of piperidine rings is 1. The van der Waals surface area contributed by atoms with Crippen molar-refractivity contribution in [1.29, 1.82) is 0 Å². The van der Waals surface area contributed by atoms with Crippen LogP contribution in [0.3, 0.4) is 0 Å². The number of benzene rings is 1. The lowest BCUT2D eigenvalue weighted by Gasteiger charge is -2.34. The number of halogens is 2. The first-order valence-corrected chi connectivity index (χ1v) is 10.6. The molecule has 8 heteroatoms. The molecule has 0 amide bonds. The number of hydrogen-bond donors (Lipinski definition) is 2. The highest BCUT2D eigenvalue weighted by Gasteiger charge is 2.24. The maximum atomic E-state index is 14.3. The number of rotatable bonds is 6. The van der Waals surface area contributed by atoms with Crippen LogP contribution < -0.4 is 15.5 Å². The molecular formula is C23H32F2N6. The van der Waals surface area contributed by atoms with E-state index in [1.54, 1.807) is 11.9 Å². The molecule has 2 N–H and O–H groups in total. The molecule has 1 fully saturated rings. The van der Waals surface area contributed by atoms with Gasteiger partial charge < -0.3 is 20.4 Å². The Hall–Kier alpha value is -2.74. The highest BCUT2D eigenvalue weighted by Crippen LogP contribution is 2.24. The van der Waals surface area contributed by atoms with E-state index in [9.17, 15) is 8.78 Å². The smallest absolute Gasteiger partial charge is 0.191 e. The third-order valence-electron chi connectivity index (χ3n) is 5.68. The Bertz CT molecular complexity index is 873. The summed E-state index contributed by atoms with van der Waals surface area (Å²) in [6, 6.07) is 9.86. The molecule has 6 nitrogen and oxygen atoms in total. The van der Waals surface area contributed by atoms with Gasteiger partial charge in [-0.1, -0.05) is 12.1 Å². The Morgan fingerprint density at radius 2 is 1.81 bits per heavy atom. The minimum Gasteiger partial charge on any atom is -0.356 e. The lowest BCUT2D eigenvalue weighted by Crippen LogP contribution is -2.50. The number of pyridine rings is 1. The number of aromatic nitrogens is 1. The predicted molar refractivity (Wildman–Crippen MR) is 121 cm³/mol. The summed E-state index contributed by atoms with van der Waals surface area (Å²) in [5.74, 6) is 0.568. The minimum absolute atomic E-state index is 0.0643. The van der Waals surface area contributed by atoms with Crippen molar-refractivity contribution in [3.63, 3.8) is 0 Å². The van der Waals surface area contributed by atoms with Gasteiger partial charge in [0.1, 0.15) is 17.5 Å². The molecule has 3 rings (SSSR count). The third-order valence-corrected chi connectivity index (χ3v) is 5.68. The summed E-state index contributed by atoms with van der Waals surface area (Å²) in [7, 11) is 5.32. The lowest BCUT2D eigenvalue weighted by atomic mass is 10.0. The van der Waals surface area contributed by atoms with Gasteiger partial charge in [-0.05, 0) is 58.1 Å². The summed E-state index contributed by atoms with van der Waals surface area (Å²) >= 11 is 0. The van der Waals surface area contributed by atoms with E-state index in [1.165, 1.54) is 18.2 Å². The maximum absolute atomic E-state index is 14.3. The van der Waals surface area contributed by atoms with Gasteiger partial charge in [-0.2, -0.15) is 0 Å². The van der Waals surface area contributed by atoms with Gasteiger partial charge >= 0.3 is 0 Å². The van der Waals surface area contributed by atoms with Gasteiger partial charge in [0, 0.05) is 44.0 Å². The van der Waals surface area contributed by atoms with Crippen LogP contribution in [-0.4, -0.2) is 62.7 Å². The summed E-state index contributed by atoms with van der Waals surface area (Å²) in [6.45, 7) is 4.15. The number of nitrogens with one attached hydrogen (secondary N) is 2. The molecule has 1 atom stereocenters. The lowest BCUT2D eigenvalue weighted by molar-refractivity contribution is 0.282. The second-order valence-corrected chi connectivity index (χ2v) is 8.11. The van der Waals surface area contributed by atoms with Gasteiger partial charge in [-0.25, -0.2) is 13.8 Å². The largest absolute Gasteiger partial charge is 0.356 e. The van der Waals surface area contributed by atoms with Crippen molar-refractivity contribution >= 4 is 11.8 Å². The van der Waals surface area contributed by atoms with Crippen LogP contribution in [0, 0.1) is 18.6 Å². The van der Waals surface area contributed by atoms with Crippen molar-refractivity contribution in [2.75, 3.05) is 45.7 Å². The monoisotopic (exact) mass is 430 g/mol. The zero-order valence-electron chi connectivity index (χ0n) is 18.7. The maximum Gasteiger partial charge on any atom is 0.191 e. The molecule has 1 saturated heterocycles. The van der Waals surface area contributed by atoms with Crippen LogP contribution in [0.1, 0.15) is 30.1 Å². The normalized spacial score (nSPS) is 16.5. The second-order valence-electron chi connectivity index (χ2n) is 8.11. The average molecular weight is 431 g/mol. The highest BCUT2D eigenvalue weighted by atomic mass is 19.1. The van der Waals surface area contributed by atoms with Gasteiger partial charge in [-0.15, -0.1) is 0 Å². The van der Waals surface area contributed by atoms with Gasteiger partial charge in [0.05, 0.1) is 6.04 Å². The van der Waals surface area contributed by atoms with Crippen molar-refractivity contribution in [2.24, 2.45) is 4.99 Å². The molecule has 1 aromatic heterocycles. The molecular weight excluding hydrogens is 398 g/mol. The summed E-state index contributed by atoms with van der Waals surface area (Å²) in [5.41, 5.74) is 1.08. The molecule has 0 spiro atoms. The van der Waals surface area contributed by atoms with Crippen molar-refractivity contribution in [3.8, 4) is 0 Å². The number of likely N-dealkylation sites (N-methyl/N-ethyl adjacent to an activating group) is 1. The van der Waals surface area contributed by atoms with Gasteiger partial charge in [-0.3, -0.25) is 4.99 Å². The number of anilines is 1. The van der Waals surface area contributed by atoms with E-state index in [-0.39, 0.29) is 11.6 Å². The molecule has 0 saturated carbocycles. The van der Waals surface area contributed by atoms with Crippen LogP contribution in [0.25, 0.3) is 0 Å². The molecule has 1 unspecified atom stereocenters. The van der Waals surface area contributed by atoms with Crippen molar-refractivity contribution in [3.05, 3.63) is 59.3 Å². The summed E-state index contributed by atoms with van der Waals surface area (Å²) in [5, 5.41) is 6.69. The number of aliphatic imine (C=N–C) groups is 1. The molecule has 2 heterocycles. The first-order valence-electron chi connectivity index (χ1n) is 10.6. The fourth-order valence-electron chi connectivity index (χ4n) is 3.91. The fraction of sp³-hybridized carbons (Fsp3) is 0.478. The molecule has 1 aliphatic rings. The highest BCUT2D eigenvalue weighted by molar-refractivity contribution is 5.80. The Morgan fingerprint density at radius 1 is 1.16 bits per heavy atom. The van der Waals surface area contributed by atoms with Crippen LogP contribution in [0.5, 0.6) is 0 Å². The Kier molecular flexibility index (Phi) is 7.79. The van der Waals surface area contributed by atoms with Crippen molar-refractivity contribution < 1.29 is 8.78 Å². The zero-order chi connectivity index (χ0) is 22.4. The van der Waals surface area contributed by atoms with E-state index in [0.717, 1.165) is 37.4 Å². The van der Waals surface area contributed by atoms with E-state index < -0.39 is 17.7 Å². The van der Waals surface area contributed by atoms with Crippen LogP contribution in [-0.2, 0) is 0 Å². The van der Waals surface area contributed by atoms with Crippen LogP contribution >= 0.6 is 0 Å². The summed E-state index contributed by atoms with van der Waals surface area (Å²) in [6.07, 6.45) is 1.91. The molecule has 31 heavy (non-hydrogen) atoms. The Morgan fingerprint density at radius 3 is 2.39 bits per heavy atom. The van der Waals surface area contributed by atoms with Crippen LogP contribution in [0.2, 0.25) is 0 Å². The molecule has 0 aliphatic carbocycles. The van der Waals surface area contributed by atoms with Crippen LogP contribution in [0.4, 0.5) is 14.6 Å². The molecule has 0 radical (unpaired) electrons. The molecule has 0 bridgehead atoms. The minimum atomic E-state index is -0.541. The standard InChI is InChI=1S/C23H32F2N6/c1-16-7-5-10-21(28-16)31-13-11-17(12-14-31)29-23(26-2)27-15-20(30(3)4)22-18(24)8-6-9-19(22)25/h5-10,17,20H,11-15H2,1-4H3,(H2,26,27,29). The SMILES string of the molecule is CN=C(NCC(c1c(F)cccc1F)N(C)C)NC1CCN(c2cccc(C)n2)CC1. The number of aryl methyl sites for hydroxylation is 1. The number of hydrogen-bond acceptors (Lipinski definition) is 4. The molecule has 168 valence electrons. The van der Waals surface area contributed by atoms with E-state index in [4.69, 9.17) is 0 Å². The fourth-order valence-corrected chi connectivity index (χ4v) is 3.91. The first-order chi connectivity index (χ1) is 14.9. The Balaban J connectivity index is 1.56. The van der Waals surface area contributed by atoms with E-state index in [2.05, 4.69) is 25.5 Å². The second kappa shape index (κ2) is 10.5. The molecule has 1 aliphatic heterocycles. The van der Waals surface area contributed by atoms with E-state index in [1.807, 2.05) is 39.2 Å². The number of nitrogens with zero attached hydrogens (tertiary/aromatic N) is 4. The summed E-state index contributed by atoms with van der Waals surface area (Å²) < 4.78 is 28.6. The average Bonchev–Trinajstić information content (AvgIpc) is 2.75. The van der Waals surface area contributed by atoms with Gasteiger partial charge in [0.25, 0.3) is 0 Å². The number of guanidine groups is 1. The van der Waals surface area contributed by atoms with Crippen molar-refractivity contribution in [1.82, 2.24) is 20.5 Å². The van der Waals surface area contributed by atoms with E-state index >= 15 is 0 Å². The van der Waals surface area contributed by atoms with Gasteiger partial charge in [0.2, 0.25) is 0 Å². The van der Waals surface area contributed by atoms with Gasteiger partial charge in [0.15, 0.2) is 5.96 Å².